The number of rotatable bonds is 8. The Hall–Kier alpha value is -4.80. The van der Waals surface area contributed by atoms with Gasteiger partial charge in [0.2, 0.25) is 5.91 Å². The van der Waals surface area contributed by atoms with Gasteiger partial charge in [0, 0.05) is 41.5 Å². The molecule has 200 valence electrons. The maximum Gasteiger partial charge on any atom is 0.271 e. The minimum atomic E-state index is -1.01. The molecule has 0 saturated heterocycles. The number of anilines is 1. The van der Waals surface area contributed by atoms with Crippen molar-refractivity contribution in [3.05, 3.63) is 99.7 Å². The summed E-state index contributed by atoms with van der Waals surface area (Å²) in [4.78, 5) is 36.2. The minimum Gasteiger partial charge on any atom is -0.497 e. The molecule has 4 aromatic rings. The van der Waals surface area contributed by atoms with Crippen molar-refractivity contribution in [2.45, 2.75) is 31.3 Å². The monoisotopic (exact) mass is 534 g/mol. The van der Waals surface area contributed by atoms with E-state index in [1.807, 2.05) is 0 Å². The first-order chi connectivity index (χ1) is 18.7. The van der Waals surface area contributed by atoms with Gasteiger partial charge < -0.3 is 19.9 Å². The van der Waals surface area contributed by atoms with Crippen molar-refractivity contribution in [2.24, 2.45) is 0 Å². The van der Waals surface area contributed by atoms with Crippen molar-refractivity contribution in [3.8, 4) is 5.75 Å². The molecule has 0 atom stereocenters. The summed E-state index contributed by atoms with van der Waals surface area (Å²) in [5.74, 6) is -3.24. The lowest BCUT2D eigenvalue weighted by molar-refractivity contribution is -0.384. The molecule has 1 aliphatic rings. The van der Waals surface area contributed by atoms with Crippen LogP contribution < -0.4 is 15.4 Å². The summed E-state index contributed by atoms with van der Waals surface area (Å²) in [6.45, 7) is -0.0502. The lowest BCUT2D eigenvalue weighted by Crippen LogP contribution is -2.51. The Kier molecular flexibility index (Phi) is 6.73. The van der Waals surface area contributed by atoms with E-state index in [0.29, 0.717) is 24.0 Å². The van der Waals surface area contributed by atoms with Gasteiger partial charge in [-0.2, -0.15) is 0 Å². The lowest BCUT2D eigenvalue weighted by Gasteiger charge is -2.43. The number of nitrogens with one attached hydrogen (secondary N) is 2. The molecule has 9 nitrogen and oxygen atoms in total. The van der Waals surface area contributed by atoms with Gasteiger partial charge in [-0.25, -0.2) is 8.78 Å². The van der Waals surface area contributed by atoms with Crippen LogP contribution in [-0.4, -0.2) is 28.4 Å². The molecule has 3 aromatic carbocycles. The molecule has 2 amide bonds. The number of benzene rings is 3. The number of nitro groups is 1. The van der Waals surface area contributed by atoms with E-state index < -0.39 is 33.6 Å². The highest BCUT2D eigenvalue weighted by Gasteiger charge is 2.41. The number of hydrogen-bond acceptors (Lipinski definition) is 5. The van der Waals surface area contributed by atoms with Crippen molar-refractivity contribution in [2.75, 3.05) is 12.4 Å². The molecule has 1 saturated carbocycles. The second kappa shape index (κ2) is 10.2. The van der Waals surface area contributed by atoms with Gasteiger partial charge in [-0.05, 0) is 49.1 Å². The molecule has 5 rings (SSSR count). The zero-order valence-electron chi connectivity index (χ0n) is 20.9. The van der Waals surface area contributed by atoms with Crippen LogP contribution in [0.4, 0.5) is 20.2 Å². The third-order valence-corrected chi connectivity index (χ3v) is 7.04. The average Bonchev–Trinajstić information content (AvgIpc) is 3.28. The molecule has 1 aromatic heterocycles. The summed E-state index contributed by atoms with van der Waals surface area (Å²) in [7, 11) is 1.28. The Morgan fingerprint density at radius 3 is 2.33 bits per heavy atom. The molecule has 0 spiro atoms. The van der Waals surface area contributed by atoms with Crippen LogP contribution in [-0.2, 0) is 16.9 Å². The van der Waals surface area contributed by atoms with Crippen LogP contribution in [0.2, 0.25) is 0 Å². The third kappa shape index (κ3) is 5.02. The van der Waals surface area contributed by atoms with E-state index in [4.69, 9.17) is 4.74 Å². The maximum atomic E-state index is 14.4. The number of aromatic nitrogens is 1. The van der Waals surface area contributed by atoms with E-state index in [-0.39, 0.29) is 23.9 Å². The number of hydrogen-bond donors (Lipinski definition) is 2. The zero-order valence-corrected chi connectivity index (χ0v) is 20.9. The number of nitrogens with zero attached hydrogens (tertiary/aromatic N) is 2. The van der Waals surface area contributed by atoms with Crippen molar-refractivity contribution < 1.29 is 28.0 Å². The Balaban J connectivity index is 1.28. The Morgan fingerprint density at radius 2 is 1.74 bits per heavy atom. The second-order valence-electron chi connectivity index (χ2n) is 9.43. The highest BCUT2D eigenvalue weighted by atomic mass is 19.1. The molecular formula is C28H24F2N4O5. The van der Waals surface area contributed by atoms with Gasteiger partial charge in [-0.15, -0.1) is 0 Å². The molecule has 1 heterocycles. The number of fused-ring (bicyclic) bond motifs is 1. The highest BCUT2D eigenvalue weighted by Crippen LogP contribution is 2.42. The van der Waals surface area contributed by atoms with Gasteiger partial charge in [-0.3, -0.25) is 19.7 Å². The Bertz CT molecular complexity index is 1570. The summed E-state index contributed by atoms with van der Waals surface area (Å²) < 4.78 is 35.4. The summed E-state index contributed by atoms with van der Waals surface area (Å²) >= 11 is 0. The van der Waals surface area contributed by atoms with E-state index in [2.05, 4.69) is 10.6 Å². The van der Waals surface area contributed by atoms with E-state index in [0.717, 1.165) is 29.5 Å². The predicted octanol–water partition coefficient (Wildman–Crippen LogP) is 5.28. The lowest BCUT2D eigenvalue weighted by atomic mass is 9.71. The van der Waals surface area contributed by atoms with Crippen molar-refractivity contribution in [3.63, 3.8) is 0 Å². The van der Waals surface area contributed by atoms with Crippen LogP contribution in [0.5, 0.6) is 5.75 Å². The quantitative estimate of drug-likeness (QED) is 0.236. The minimum absolute atomic E-state index is 0.0242. The van der Waals surface area contributed by atoms with Crippen LogP contribution in [0.3, 0.4) is 0 Å². The molecule has 2 N–H and O–H groups in total. The molecule has 39 heavy (non-hydrogen) atoms. The van der Waals surface area contributed by atoms with Crippen LogP contribution in [0.1, 0.15) is 35.2 Å². The number of nitro benzene ring substituents is 1. The fourth-order valence-electron chi connectivity index (χ4n) is 4.83. The SMILES string of the molecule is COc1cc(F)c(C(=O)NC2(c3ccc(NC(=O)Cn4ccc5ccc([N+](=O)[O-])cc54)cc3)CCC2)c(F)c1. The third-order valence-electron chi connectivity index (χ3n) is 7.04. The molecule has 0 radical (unpaired) electrons. The second-order valence-corrected chi connectivity index (χ2v) is 9.43. The number of halogens is 2. The smallest absolute Gasteiger partial charge is 0.271 e. The van der Waals surface area contributed by atoms with Gasteiger partial charge in [0.15, 0.2) is 0 Å². The number of carbonyl (C=O) groups excluding carboxylic acids is 2. The van der Waals surface area contributed by atoms with E-state index in [1.54, 1.807) is 47.2 Å². The van der Waals surface area contributed by atoms with E-state index in [9.17, 15) is 28.5 Å². The van der Waals surface area contributed by atoms with Crippen LogP contribution in [0.15, 0.2) is 66.9 Å². The molecule has 0 bridgehead atoms. The van der Waals surface area contributed by atoms with Crippen molar-refractivity contribution >= 4 is 34.1 Å². The standard InChI is InChI=1S/C28H24F2N4O5/c1-39-21-14-22(29)26(23(30)15-21)27(36)32-28(10-2-11-28)18-4-6-19(7-5-18)31-25(35)16-33-12-9-17-3-8-20(34(37)38)13-24(17)33/h3-9,12-15H,2,10-11,16H2,1H3,(H,31,35)(H,32,36). The van der Waals surface area contributed by atoms with Crippen LogP contribution in [0, 0.1) is 21.7 Å². The number of non-ortho nitro benzene ring substituents is 1. The molecule has 1 aliphatic carbocycles. The molecule has 1 fully saturated rings. The zero-order chi connectivity index (χ0) is 27.7. The Labute approximate surface area is 221 Å². The number of carbonyl (C=O) groups is 2. The fraction of sp³-hybridized carbons (Fsp3) is 0.214. The van der Waals surface area contributed by atoms with Gasteiger partial charge >= 0.3 is 0 Å². The molecule has 0 aliphatic heterocycles. The topological polar surface area (TPSA) is 116 Å². The van der Waals surface area contributed by atoms with Gasteiger partial charge in [0.1, 0.15) is 29.5 Å². The molecule has 0 unspecified atom stereocenters. The normalized spacial score (nSPS) is 13.9. The summed E-state index contributed by atoms with van der Waals surface area (Å²) in [5, 5.41) is 17.5. The number of amides is 2. The summed E-state index contributed by atoms with van der Waals surface area (Å²) in [6.07, 6.45) is 3.71. The Morgan fingerprint density at radius 1 is 1.05 bits per heavy atom. The molecule has 11 heteroatoms. The first-order valence-corrected chi connectivity index (χ1v) is 12.2. The largest absolute Gasteiger partial charge is 0.497 e. The number of ether oxygens (including phenoxy) is 1. The predicted molar refractivity (Wildman–Crippen MR) is 140 cm³/mol. The van der Waals surface area contributed by atoms with E-state index >= 15 is 0 Å². The maximum absolute atomic E-state index is 14.4. The fourth-order valence-corrected chi connectivity index (χ4v) is 4.83. The van der Waals surface area contributed by atoms with Gasteiger partial charge in [0.05, 0.1) is 23.1 Å². The van der Waals surface area contributed by atoms with Gasteiger partial charge in [-0.1, -0.05) is 12.1 Å². The van der Waals surface area contributed by atoms with Crippen LogP contribution >= 0.6 is 0 Å². The van der Waals surface area contributed by atoms with Gasteiger partial charge in [0.25, 0.3) is 11.6 Å². The number of methoxy groups -OCH3 is 1. The first-order valence-electron chi connectivity index (χ1n) is 12.2. The van der Waals surface area contributed by atoms with Crippen molar-refractivity contribution in [1.82, 2.24) is 9.88 Å². The van der Waals surface area contributed by atoms with Crippen LogP contribution in [0.25, 0.3) is 10.9 Å². The first kappa shape index (κ1) is 25.8. The average molecular weight is 535 g/mol. The summed E-state index contributed by atoms with van der Waals surface area (Å²) in [5.41, 5.74) is 0.318. The van der Waals surface area contributed by atoms with Crippen molar-refractivity contribution in [1.29, 1.82) is 0 Å². The molecular weight excluding hydrogens is 510 g/mol. The highest BCUT2D eigenvalue weighted by molar-refractivity contribution is 5.96. The summed E-state index contributed by atoms with van der Waals surface area (Å²) in [6, 6.07) is 15.0. The van der Waals surface area contributed by atoms with E-state index in [1.165, 1.54) is 19.2 Å².